The van der Waals surface area contributed by atoms with Crippen molar-refractivity contribution < 1.29 is 4.39 Å². The fourth-order valence-electron chi connectivity index (χ4n) is 1.52. The molecule has 0 heterocycles. The van der Waals surface area contributed by atoms with E-state index in [1.807, 2.05) is 19.9 Å². The molecule has 0 saturated heterocycles. The highest BCUT2D eigenvalue weighted by Gasteiger charge is 2.09. The number of aliphatic imine (C=N–C) groups is 1. The third-order valence-corrected chi connectivity index (χ3v) is 2.68. The molecule has 0 aliphatic heterocycles. The van der Waals surface area contributed by atoms with Crippen LogP contribution in [0.3, 0.4) is 0 Å². The largest absolute Gasteiger partial charge is 0.349 e. The van der Waals surface area contributed by atoms with E-state index < -0.39 is 0 Å². The maximum Gasteiger partial charge on any atom is 0.206 e. The molecule has 0 radical (unpaired) electrons. The van der Waals surface area contributed by atoms with E-state index in [1.54, 1.807) is 13.0 Å². The van der Waals surface area contributed by atoms with Crippen LogP contribution < -0.4 is 16.6 Å². The lowest BCUT2D eigenvalue weighted by Crippen LogP contribution is -2.42. The molecule has 0 fully saturated rings. The lowest BCUT2D eigenvalue weighted by atomic mass is 10.1. The smallest absolute Gasteiger partial charge is 0.206 e. The van der Waals surface area contributed by atoms with E-state index in [0.717, 1.165) is 12.0 Å². The summed E-state index contributed by atoms with van der Waals surface area (Å²) in [4.78, 5) is 4.24. The Morgan fingerprint density at radius 2 is 2.22 bits per heavy atom. The summed E-state index contributed by atoms with van der Waals surface area (Å²) in [6.07, 6.45) is 0.945. The van der Waals surface area contributed by atoms with Gasteiger partial charge in [-0.1, -0.05) is 19.1 Å². The maximum absolute atomic E-state index is 13.5. The van der Waals surface area contributed by atoms with Gasteiger partial charge in [-0.2, -0.15) is 0 Å². The van der Waals surface area contributed by atoms with Gasteiger partial charge in [-0.05, 0) is 37.5 Å². The van der Waals surface area contributed by atoms with Gasteiger partial charge in [-0.3, -0.25) is 10.4 Å². The Bertz CT molecular complexity index is 417. The topological polar surface area (TPSA) is 62.4 Å². The monoisotopic (exact) mass is 252 g/mol. The van der Waals surface area contributed by atoms with Crippen molar-refractivity contribution in [1.82, 2.24) is 10.7 Å². The molecule has 0 aromatic heterocycles. The van der Waals surface area contributed by atoms with Crippen LogP contribution in [0, 0.1) is 12.7 Å². The zero-order valence-corrected chi connectivity index (χ0v) is 11.1. The standard InChI is InChI=1S/C13H21FN4/c1-4-7-16-13(18-15)17-10(3)11-6-5-9(2)12(14)8-11/h5-6,8,10H,4,7,15H2,1-3H3,(H2,16,17,18). The molecule has 1 atom stereocenters. The summed E-state index contributed by atoms with van der Waals surface area (Å²) < 4.78 is 13.5. The molecule has 5 heteroatoms. The van der Waals surface area contributed by atoms with Gasteiger partial charge < -0.3 is 5.32 Å². The van der Waals surface area contributed by atoms with Crippen molar-refractivity contribution in [3.63, 3.8) is 0 Å². The molecule has 0 amide bonds. The molecular weight excluding hydrogens is 231 g/mol. The third kappa shape index (κ3) is 4.00. The van der Waals surface area contributed by atoms with Crippen molar-refractivity contribution in [2.24, 2.45) is 10.8 Å². The number of rotatable bonds is 4. The number of nitrogens with one attached hydrogen (secondary N) is 2. The van der Waals surface area contributed by atoms with Crippen molar-refractivity contribution >= 4 is 5.96 Å². The number of nitrogens with zero attached hydrogens (tertiary/aromatic N) is 1. The lowest BCUT2D eigenvalue weighted by Gasteiger charge is -2.17. The zero-order valence-electron chi connectivity index (χ0n) is 11.1. The molecule has 0 aliphatic rings. The van der Waals surface area contributed by atoms with Crippen LogP contribution in [-0.2, 0) is 0 Å². The second-order valence-electron chi connectivity index (χ2n) is 4.25. The summed E-state index contributed by atoms with van der Waals surface area (Å²) in [7, 11) is 0. The molecule has 1 aromatic carbocycles. The van der Waals surface area contributed by atoms with Gasteiger partial charge in [-0.25, -0.2) is 10.2 Å². The van der Waals surface area contributed by atoms with E-state index in [2.05, 4.69) is 15.7 Å². The van der Waals surface area contributed by atoms with Gasteiger partial charge >= 0.3 is 0 Å². The average molecular weight is 252 g/mol. The van der Waals surface area contributed by atoms with Crippen molar-refractivity contribution in [1.29, 1.82) is 0 Å². The number of nitrogens with two attached hydrogens (primary N) is 1. The van der Waals surface area contributed by atoms with Crippen LogP contribution in [0.15, 0.2) is 23.2 Å². The molecular formula is C13H21FN4. The van der Waals surface area contributed by atoms with Gasteiger partial charge in [0.2, 0.25) is 5.96 Å². The number of hydrazine groups is 1. The molecule has 0 spiro atoms. The first kappa shape index (κ1) is 14.4. The second kappa shape index (κ2) is 6.96. The highest BCUT2D eigenvalue weighted by atomic mass is 19.1. The second-order valence-corrected chi connectivity index (χ2v) is 4.25. The van der Waals surface area contributed by atoms with E-state index in [4.69, 9.17) is 5.84 Å². The van der Waals surface area contributed by atoms with Crippen LogP contribution in [0.5, 0.6) is 0 Å². The summed E-state index contributed by atoms with van der Waals surface area (Å²) in [5.74, 6) is 5.70. The minimum atomic E-state index is -0.200. The SMILES string of the molecule is CCCN=C(NN)NC(C)c1ccc(C)c(F)c1. The Hall–Kier alpha value is -1.62. The number of hydrogen-bond donors (Lipinski definition) is 3. The van der Waals surface area contributed by atoms with E-state index >= 15 is 0 Å². The first-order valence-corrected chi connectivity index (χ1v) is 6.12. The van der Waals surface area contributed by atoms with E-state index in [9.17, 15) is 4.39 Å². The predicted octanol–water partition coefficient (Wildman–Crippen LogP) is 2.01. The lowest BCUT2D eigenvalue weighted by molar-refractivity contribution is 0.607. The van der Waals surface area contributed by atoms with Gasteiger partial charge in [0.25, 0.3) is 0 Å². The summed E-state index contributed by atoms with van der Waals surface area (Å²) >= 11 is 0. The molecule has 0 saturated carbocycles. The molecule has 100 valence electrons. The molecule has 1 rings (SSSR count). The highest BCUT2D eigenvalue weighted by molar-refractivity contribution is 5.79. The summed E-state index contributed by atoms with van der Waals surface area (Å²) in [6, 6.07) is 5.12. The first-order chi connectivity index (χ1) is 8.58. The van der Waals surface area contributed by atoms with Crippen LogP contribution >= 0.6 is 0 Å². The predicted molar refractivity (Wildman–Crippen MR) is 72.6 cm³/mol. The number of guanidine groups is 1. The molecule has 0 aliphatic carbocycles. The van der Waals surface area contributed by atoms with Crippen molar-refractivity contribution in [2.45, 2.75) is 33.2 Å². The van der Waals surface area contributed by atoms with Gasteiger partial charge in [0.05, 0.1) is 6.04 Å². The Kier molecular flexibility index (Phi) is 5.58. The first-order valence-electron chi connectivity index (χ1n) is 6.12. The van der Waals surface area contributed by atoms with Crippen LogP contribution in [0.4, 0.5) is 4.39 Å². The van der Waals surface area contributed by atoms with Crippen LogP contribution in [0.2, 0.25) is 0 Å². The Labute approximate surface area is 107 Å². The molecule has 1 aromatic rings. The van der Waals surface area contributed by atoms with Crippen molar-refractivity contribution in [3.8, 4) is 0 Å². The fourth-order valence-corrected chi connectivity index (χ4v) is 1.52. The number of aryl methyl sites for hydroxylation is 1. The minimum Gasteiger partial charge on any atom is -0.349 e. The summed E-state index contributed by atoms with van der Waals surface area (Å²) in [6.45, 7) is 6.41. The van der Waals surface area contributed by atoms with Gasteiger partial charge in [0, 0.05) is 6.54 Å². The number of hydrogen-bond acceptors (Lipinski definition) is 2. The Morgan fingerprint density at radius 3 is 2.78 bits per heavy atom. The van der Waals surface area contributed by atoms with Crippen molar-refractivity contribution in [3.05, 3.63) is 35.1 Å². The third-order valence-electron chi connectivity index (χ3n) is 2.68. The molecule has 4 N–H and O–H groups in total. The fraction of sp³-hybridized carbons (Fsp3) is 0.462. The summed E-state index contributed by atoms with van der Waals surface area (Å²) in [5.41, 5.74) is 4.01. The Morgan fingerprint density at radius 1 is 1.50 bits per heavy atom. The highest BCUT2D eigenvalue weighted by Crippen LogP contribution is 2.16. The van der Waals surface area contributed by atoms with Crippen LogP contribution in [0.1, 0.15) is 37.4 Å². The van der Waals surface area contributed by atoms with Crippen LogP contribution in [-0.4, -0.2) is 12.5 Å². The van der Waals surface area contributed by atoms with E-state index in [0.29, 0.717) is 18.1 Å². The normalized spacial score (nSPS) is 13.3. The average Bonchev–Trinajstić information content (AvgIpc) is 2.37. The molecule has 0 bridgehead atoms. The van der Waals surface area contributed by atoms with Gasteiger partial charge in [-0.15, -0.1) is 0 Å². The van der Waals surface area contributed by atoms with Crippen LogP contribution in [0.25, 0.3) is 0 Å². The van der Waals surface area contributed by atoms with E-state index in [1.165, 1.54) is 6.07 Å². The van der Waals surface area contributed by atoms with Gasteiger partial charge in [0.1, 0.15) is 5.82 Å². The number of benzene rings is 1. The Balaban J connectivity index is 2.74. The molecule has 18 heavy (non-hydrogen) atoms. The zero-order chi connectivity index (χ0) is 13.5. The van der Waals surface area contributed by atoms with E-state index in [-0.39, 0.29) is 11.9 Å². The molecule has 1 unspecified atom stereocenters. The number of halogens is 1. The van der Waals surface area contributed by atoms with Gasteiger partial charge in [0.15, 0.2) is 0 Å². The van der Waals surface area contributed by atoms with Crippen molar-refractivity contribution in [2.75, 3.05) is 6.54 Å². The molecule has 4 nitrogen and oxygen atoms in total. The quantitative estimate of drug-likeness (QED) is 0.332. The maximum atomic E-state index is 13.5. The minimum absolute atomic E-state index is 0.0632. The summed E-state index contributed by atoms with van der Waals surface area (Å²) in [5, 5.41) is 3.11.